The molecule has 0 aromatic carbocycles. The van der Waals surface area contributed by atoms with Crippen LogP contribution in [-0.2, 0) is 5.75 Å². The molecule has 1 nitrogen and oxygen atoms in total. The molecule has 0 spiro atoms. The Balaban J connectivity index is 2.04. The zero-order valence-electron chi connectivity index (χ0n) is 6.25. The summed E-state index contributed by atoms with van der Waals surface area (Å²) in [6.45, 7) is 0. The summed E-state index contributed by atoms with van der Waals surface area (Å²) in [7, 11) is 0. The van der Waals surface area contributed by atoms with Gasteiger partial charge in [-0.3, -0.25) is 0 Å². The van der Waals surface area contributed by atoms with E-state index in [2.05, 4.69) is 22.6 Å². The molecule has 0 amide bonds. The number of rotatable bonds is 5. The molecule has 0 fully saturated rings. The second-order valence-electron chi connectivity index (χ2n) is 2.17. The molecule has 0 N–H and O–H groups in total. The summed E-state index contributed by atoms with van der Waals surface area (Å²) in [5, 5.41) is 0. The van der Waals surface area contributed by atoms with Crippen LogP contribution in [0.5, 0.6) is 0 Å². The molecule has 0 radical (unpaired) electrons. The minimum atomic E-state index is 1.02. The fraction of sp³-hybridized carbons (Fsp3) is 0.500. The summed E-state index contributed by atoms with van der Waals surface area (Å²) in [6, 6.07) is 3.96. The molecule has 0 aliphatic carbocycles. The first-order valence-electron chi connectivity index (χ1n) is 3.59. The van der Waals surface area contributed by atoms with Gasteiger partial charge in [-0.1, -0.05) is 22.6 Å². The van der Waals surface area contributed by atoms with Crippen molar-refractivity contribution < 1.29 is 4.42 Å². The zero-order chi connectivity index (χ0) is 7.94. The lowest BCUT2D eigenvalue weighted by atomic mass is 10.5. The van der Waals surface area contributed by atoms with Crippen molar-refractivity contribution in [1.29, 1.82) is 0 Å². The van der Waals surface area contributed by atoms with Gasteiger partial charge in [0, 0.05) is 4.43 Å². The van der Waals surface area contributed by atoms with Crippen LogP contribution in [0.4, 0.5) is 0 Å². The quantitative estimate of drug-likeness (QED) is 0.467. The zero-order valence-corrected chi connectivity index (χ0v) is 9.23. The first-order chi connectivity index (χ1) is 5.43. The Morgan fingerprint density at radius 3 is 3.09 bits per heavy atom. The van der Waals surface area contributed by atoms with E-state index in [1.165, 1.54) is 16.6 Å². The highest BCUT2D eigenvalue weighted by Crippen LogP contribution is 2.13. The lowest BCUT2D eigenvalue weighted by molar-refractivity contribution is 0.530. The summed E-state index contributed by atoms with van der Waals surface area (Å²) in [6.07, 6.45) is 3.03. The molecule has 0 saturated carbocycles. The topological polar surface area (TPSA) is 13.1 Å². The van der Waals surface area contributed by atoms with Crippen LogP contribution >= 0.6 is 34.4 Å². The minimum absolute atomic E-state index is 1.02. The number of hydrogen-bond acceptors (Lipinski definition) is 2. The van der Waals surface area contributed by atoms with Gasteiger partial charge in [-0.15, -0.1) is 0 Å². The standard InChI is InChI=1S/C8H11IOS/c9-4-2-6-11-7-8-3-1-5-10-8/h1,3,5H,2,4,6-7H2. The van der Waals surface area contributed by atoms with Gasteiger partial charge in [0.1, 0.15) is 5.76 Å². The van der Waals surface area contributed by atoms with Crippen molar-refractivity contribution >= 4 is 34.4 Å². The van der Waals surface area contributed by atoms with Crippen LogP contribution in [0, 0.1) is 0 Å². The fourth-order valence-corrected chi connectivity index (χ4v) is 2.48. The van der Waals surface area contributed by atoms with Gasteiger partial charge in [-0.2, -0.15) is 11.8 Å². The number of thioether (sulfide) groups is 1. The molecule has 0 aliphatic rings. The predicted octanol–water partition coefficient (Wildman–Crippen LogP) is 3.34. The second kappa shape index (κ2) is 5.94. The highest BCUT2D eigenvalue weighted by Gasteiger charge is 1.94. The molecule has 1 heterocycles. The normalized spacial score (nSPS) is 10.3. The van der Waals surface area contributed by atoms with E-state index >= 15 is 0 Å². The maximum Gasteiger partial charge on any atom is 0.113 e. The van der Waals surface area contributed by atoms with Gasteiger partial charge in [-0.05, 0) is 24.3 Å². The van der Waals surface area contributed by atoms with Gasteiger partial charge in [0.05, 0.1) is 12.0 Å². The first-order valence-corrected chi connectivity index (χ1v) is 6.27. The highest BCUT2D eigenvalue weighted by molar-refractivity contribution is 14.1. The average molecular weight is 282 g/mol. The lowest BCUT2D eigenvalue weighted by Gasteiger charge is -1.95. The van der Waals surface area contributed by atoms with Crippen molar-refractivity contribution in [3.8, 4) is 0 Å². The molecule has 0 aliphatic heterocycles. The third-order valence-corrected chi connectivity index (χ3v) is 3.08. The summed E-state index contributed by atoms with van der Waals surface area (Å²) in [5.41, 5.74) is 0. The van der Waals surface area contributed by atoms with Crippen LogP contribution < -0.4 is 0 Å². The molecule has 1 aromatic heterocycles. The summed E-state index contributed by atoms with van der Waals surface area (Å²) < 4.78 is 6.44. The molecule has 1 rings (SSSR count). The Hall–Kier alpha value is 0.360. The molecule has 0 atom stereocenters. The van der Waals surface area contributed by atoms with Crippen LogP contribution in [0.15, 0.2) is 22.8 Å². The van der Waals surface area contributed by atoms with E-state index in [0.29, 0.717) is 0 Å². The average Bonchev–Trinajstić information content (AvgIpc) is 2.50. The maximum atomic E-state index is 5.19. The molecule has 11 heavy (non-hydrogen) atoms. The summed E-state index contributed by atoms with van der Waals surface area (Å²) in [5.74, 6) is 3.34. The summed E-state index contributed by atoms with van der Waals surface area (Å²) in [4.78, 5) is 0. The molecule has 62 valence electrons. The number of alkyl halides is 1. The van der Waals surface area contributed by atoms with Crippen LogP contribution in [-0.4, -0.2) is 10.2 Å². The maximum absolute atomic E-state index is 5.19. The van der Waals surface area contributed by atoms with Crippen LogP contribution in [0.1, 0.15) is 12.2 Å². The van der Waals surface area contributed by atoms with Crippen LogP contribution in [0.2, 0.25) is 0 Å². The van der Waals surface area contributed by atoms with E-state index in [4.69, 9.17) is 4.42 Å². The monoisotopic (exact) mass is 282 g/mol. The Morgan fingerprint density at radius 1 is 1.55 bits per heavy atom. The first kappa shape index (κ1) is 9.45. The predicted molar refractivity (Wildman–Crippen MR) is 58.4 cm³/mol. The van der Waals surface area contributed by atoms with Crippen molar-refractivity contribution in [3.63, 3.8) is 0 Å². The van der Waals surface area contributed by atoms with Gasteiger partial charge in [0.25, 0.3) is 0 Å². The largest absolute Gasteiger partial charge is 0.468 e. The Morgan fingerprint density at radius 2 is 2.45 bits per heavy atom. The molecular weight excluding hydrogens is 271 g/mol. The molecule has 1 aromatic rings. The Kier molecular flexibility index (Phi) is 5.10. The van der Waals surface area contributed by atoms with Gasteiger partial charge in [0.15, 0.2) is 0 Å². The van der Waals surface area contributed by atoms with Crippen molar-refractivity contribution in [3.05, 3.63) is 24.2 Å². The smallest absolute Gasteiger partial charge is 0.113 e. The second-order valence-corrected chi connectivity index (χ2v) is 4.36. The van der Waals surface area contributed by atoms with E-state index in [-0.39, 0.29) is 0 Å². The Bertz CT molecular complexity index is 174. The third kappa shape index (κ3) is 4.06. The van der Waals surface area contributed by atoms with Crippen molar-refractivity contribution in [2.45, 2.75) is 12.2 Å². The SMILES string of the molecule is ICCCSCc1ccco1. The molecule has 3 heteroatoms. The van der Waals surface area contributed by atoms with Gasteiger partial charge in [-0.25, -0.2) is 0 Å². The van der Waals surface area contributed by atoms with Crippen molar-refractivity contribution in [1.82, 2.24) is 0 Å². The fourth-order valence-electron chi connectivity index (χ4n) is 0.724. The lowest BCUT2D eigenvalue weighted by Crippen LogP contribution is -1.81. The van der Waals surface area contributed by atoms with Crippen molar-refractivity contribution in [2.24, 2.45) is 0 Å². The number of halogens is 1. The van der Waals surface area contributed by atoms with E-state index in [1.54, 1.807) is 6.26 Å². The summed E-state index contributed by atoms with van der Waals surface area (Å²) >= 11 is 4.34. The van der Waals surface area contributed by atoms with E-state index in [1.807, 2.05) is 23.9 Å². The molecule has 0 unspecified atom stereocenters. The highest BCUT2D eigenvalue weighted by atomic mass is 127. The number of hydrogen-bond donors (Lipinski definition) is 0. The molecule has 0 saturated heterocycles. The van der Waals surface area contributed by atoms with Crippen LogP contribution in [0.3, 0.4) is 0 Å². The molecule has 0 bridgehead atoms. The van der Waals surface area contributed by atoms with E-state index < -0.39 is 0 Å². The van der Waals surface area contributed by atoms with Gasteiger partial charge < -0.3 is 4.42 Å². The van der Waals surface area contributed by atoms with E-state index in [0.717, 1.165) is 11.5 Å². The minimum Gasteiger partial charge on any atom is -0.468 e. The van der Waals surface area contributed by atoms with Crippen molar-refractivity contribution in [2.75, 3.05) is 10.2 Å². The van der Waals surface area contributed by atoms with Crippen LogP contribution in [0.25, 0.3) is 0 Å². The molecular formula is C8H11IOS. The van der Waals surface area contributed by atoms with Gasteiger partial charge in [0.2, 0.25) is 0 Å². The third-order valence-electron chi connectivity index (χ3n) is 1.25. The Labute approximate surface area is 85.1 Å². The van der Waals surface area contributed by atoms with E-state index in [9.17, 15) is 0 Å². The van der Waals surface area contributed by atoms with Gasteiger partial charge >= 0.3 is 0 Å². The number of furan rings is 1.